The van der Waals surface area contributed by atoms with Crippen LogP contribution in [0.5, 0.6) is 0 Å². The fourth-order valence-electron chi connectivity index (χ4n) is 1.96. The molecule has 0 aromatic carbocycles. The first-order valence-corrected chi connectivity index (χ1v) is 7.31. The lowest BCUT2D eigenvalue weighted by atomic mass is 10.2. The summed E-state index contributed by atoms with van der Waals surface area (Å²) in [5.41, 5.74) is 0. The highest BCUT2D eigenvalue weighted by molar-refractivity contribution is 7.17. The zero-order valence-electron chi connectivity index (χ0n) is 12.3. The number of rotatable bonds is 7. The van der Waals surface area contributed by atoms with E-state index >= 15 is 0 Å². The van der Waals surface area contributed by atoms with E-state index in [1.807, 2.05) is 0 Å². The molecule has 1 N–H and O–H groups in total. The number of nitrogens with one attached hydrogen (secondary N) is 1. The van der Waals surface area contributed by atoms with E-state index in [-0.39, 0.29) is 5.97 Å². The van der Waals surface area contributed by atoms with Crippen LogP contribution in [0, 0.1) is 0 Å². The van der Waals surface area contributed by atoms with E-state index in [2.05, 4.69) is 47.6 Å². The molecule has 1 rings (SSSR count). The Bertz CT molecular complexity index is 396. The number of thiazole rings is 1. The van der Waals surface area contributed by atoms with E-state index in [1.165, 1.54) is 18.4 Å². The fourth-order valence-corrected chi connectivity index (χ4v) is 2.72. The molecule has 1 aromatic rings. The van der Waals surface area contributed by atoms with Gasteiger partial charge in [-0.2, -0.15) is 0 Å². The molecule has 19 heavy (non-hydrogen) atoms. The summed E-state index contributed by atoms with van der Waals surface area (Å²) in [7, 11) is 1.37. The van der Waals surface area contributed by atoms with Crippen molar-refractivity contribution >= 4 is 22.4 Å². The molecule has 6 heteroatoms. The smallest absolute Gasteiger partial charge is 0.349 e. The number of esters is 1. The summed E-state index contributed by atoms with van der Waals surface area (Å²) in [4.78, 5) is 18.4. The Kier molecular flexibility index (Phi) is 6.24. The van der Waals surface area contributed by atoms with Gasteiger partial charge in [0.1, 0.15) is 4.88 Å². The number of carbonyl (C=O) groups excluding carboxylic acids is 1. The van der Waals surface area contributed by atoms with Crippen LogP contribution in [0.3, 0.4) is 0 Å². The number of methoxy groups -OCH3 is 1. The topological polar surface area (TPSA) is 54.5 Å². The van der Waals surface area contributed by atoms with Gasteiger partial charge < -0.3 is 10.1 Å². The second-order valence-corrected chi connectivity index (χ2v) is 5.90. The zero-order valence-corrected chi connectivity index (χ0v) is 13.1. The number of hydrogen-bond donors (Lipinski definition) is 1. The number of carbonyl (C=O) groups is 1. The minimum Gasteiger partial charge on any atom is -0.465 e. The Hall–Kier alpha value is -1.14. The highest BCUT2D eigenvalue weighted by atomic mass is 32.1. The van der Waals surface area contributed by atoms with Crippen LogP contribution in [-0.4, -0.2) is 48.1 Å². The molecule has 0 saturated heterocycles. The molecule has 0 amide bonds. The molecule has 0 radical (unpaired) electrons. The number of anilines is 1. The second-order valence-electron chi connectivity index (χ2n) is 4.87. The SMILES string of the molecule is COC(=O)c1cnc(NCCN(C(C)C)C(C)C)s1. The average Bonchev–Trinajstić information content (AvgIpc) is 2.81. The Morgan fingerprint density at radius 3 is 2.58 bits per heavy atom. The van der Waals surface area contributed by atoms with Gasteiger partial charge in [-0.05, 0) is 27.7 Å². The minimum absolute atomic E-state index is 0.337. The predicted octanol–water partition coefficient (Wildman–Crippen LogP) is 2.46. The van der Waals surface area contributed by atoms with E-state index in [0.29, 0.717) is 17.0 Å². The summed E-state index contributed by atoms with van der Waals surface area (Å²) in [5.74, 6) is -0.337. The van der Waals surface area contributed by atoms with Gasteiger partial charge >= 0.3 is 5.97 Å². The summed E-state index contributed by atoms with van der Waals surface area (Å²) >= 11 is 1.32. The highest BCUT2D eigenvalue weighted by Gasteiger charge is 2.13. The van der Waals surface area contributed by atoms with Crippen molar-refractivity contribution in [3.63, 3.8) is 0 Å². The molecule has 0 unspecified atom stereocenters. The van der Waals surface area contributed by atoms with Crippen LogP contribution in [0.1, 0.15) is 37.4 Å². The van der Waals surface area contributed by atoms with Gasteiger partial charge in [0, 0.05) is 25.2 Å². The summed E-state index contributed by atoms with van der Waals surface area (Å²) in [6, 6.07) is 1.03. The molecular formula is C13H23N3O2S. The first kappa shape index (κ1) is 15.9. The van der Waals surface area contributed by atoms with Crippen LogP contribution in [0.4, 0.5) is 5.13 Å². The quantitative estimate of drug-likeness (QED) is 0.780. The summed E-state index contributed by atoms with van der Waals surface area (Å²) in [6.45, 7) is 10.5. The maximum atomic E-state index is 11.3. The van der Waals surface area contributed by atoms with Gasteiger partial charge in [-0.15, -0.1) is 0 Å². The van der Waals surface area contributed by atoms with Gasteiger partial charge in [0.15, 0.2) is 5.13 Å². The lowest BCUT2D eigenvalue weighted by Crippen LogP contribution is -2.40. The molecule has 0 fully saturated rings. The molecule has 1 aromatic heterocycles. The molecule has 0 spiro atoms. The fraction of sp³-hybridized carbons (Fsp3) is 0.692. The van der Waals surface area contributed by atoms with E-state index < -0.39 is 0 Å². The largest absolute Gasteiger partial charge is 0.465 e. The molecule has 0 atom stereocenters. The van der Waals surface area contributed by atoms with Crippen molar-refractivity contribution < 1.29 is 9.53 Å². The van der Waals surface area contributed by atoms with Crippen LogP contribution in [0.25, 0.3) is 0 Å². The highest BCUT2D eigenvalue weighted by Crippen LogP contribution is 2.18. The molecule has 5 nitrogen and oxygen atoms in total. The first-order valence-electron chi connectivity index (χ1n) is 6.49. The number of aromatic nitrogens is 1. The Labute approximate surface area is 119 Å². The molecule has 0 aliphatic carbocycles. The lowest BCUT2D eigenvalue weighted by molar-refractivity contribution is 0.0606. The molecule has 0 bridgehead atoms. The Morgan fingerprint density at radius 1 is 1.42 bits per heavy atom. The molecular weight excluding hydrogens is 262 g/mol. The van der Waals surface area contributed by atoms with Crippen LogP contribution < -0.4 is 5.32 Å². The van der Waals surface area contributed by atoms with Crippen LogP contribution >= 0.6 is 11.3 Å². The van der Waals surface area contributed by atoms with E-state index in [1.54, 1.807) is 6.20 Å². The maximum Gasteiger partial charge on any atom is 0.349 e. The summed E-state index contributed by atoms with van der Waals surface area (Å²) in [6.07, 6.45) is 1.54. The van der Waals surface area contributed by atoms with Crippen LogP contribution in [-0.2, 0) is 4.74 Å². The monoisotopic (exact) mass is 285 g/mol. The van der Waals surface area contributed by atoms with Crippen molar-refractivity contribution in [2.24, 2.45) is 0 Å². The second kappa shape index (κ2) is 7.45. The average molecular weight is 285 g/mol. The van der Waals surface area contributed by atoms with Crippen molar-refractivity contribution in [1.82, 2.24) is 9.88 Å². The van der Waals surface area contributed by atoms with Crippen molar-refractivity contribution in [2.75, 3.05) is 25.5 Å². The third-order valence-electron chi connectivity index (χ3n) is 2.87. The van der Waals surface area contributed by atoms with Crippen LogP contribution in [0.15, 0.2) is 6.20 Å². The van der Waals surface area contributed by atoms with Gasteiger partial charge in [0.05, 0.1) is 13.3 Å². The number of hydrogen-bond acceptors (Lipinski definition) is 6. The molecule has 0 aliphatic rings. The third kappa shape index (κ3) is 4.80. The first-order chi connectivity index (χ1) is 8.95. The zero-order chi connectivity index (χ0) is 14.4. The van der Waals surface area contributed by atoms with Gasteiger partial charge in [0.2, 0.25) is 0 Å². The van der Waals surface area contributed by atoms with Crippen molar-refractivity contribution in [3.8, 4) is 0 Å². The molecule has 0 saturated carbocycles. The summed E-state index contributed by atoms with van der Waals surface area (Å²) in [5, 5.41) is 4.00. The van der Waals surface area contributed by atoms with Gasteiger partial charge in [-0.3, -0.25) is 4.90 Å². The Balaban J connectivity index is 2.44. The third-order valence-corrected chi connectivity index (χ3v) is 3.80. The number of nitrogens with zero attached hydrogens (tertiary/aromatic N) is 2. The Morgan fingerprint density at radius 2 is 2.05 bits per heavy atom. The van der Waals surface area contributed by atoms with Crippen molar-refractivity contribution in [3.05, 3.63) is 11.1 Å². The van der Waals surface area contributed by atoms with Crippen molar-refractivity contribution in [1.29, 1.82) is 0 Å². The van der Waals surface area contributed by atoms with Gasteiger partial charge in [0.25, 0.3) is 0 Å². The summed E-state index contributed by atoms with van der Waals surface area (Å²) < 4.78 is 4.65. The van der Waals surface area contributed by atoms with E-state index in [0.717, 1.165) is 18.2 Å². The van der Waals surface area contributed by atoms with Crippen LogP contribution in [0.2, 0.25) is 0 Å². The van der Waals surface area contributed by atoms with Crippen molar-refractivity contribution in [2.45, 2.75) is 39.8 Å². The van der Waals surface area contributed by atoms with Gasteiger partial charge in [-0.25, -0.2) is 9.78 Å². The predicted molar refractivity (Wildman–Crippen MR) is 78.9 cm³/mol. The lowest BCUT2D eigenvalue weighted by Gasteiger charge is -2.30. The number of ether oxygens (including phenoxy) is 1. The standard InChI is InChI=1S/C13H23N3O2S/c1-9(2)16(10(3)4)7-6-14-13-15-8-11(19-13)12(17)18-5/h8-10H,6-7H2,1-5H3,(H,14,15). The van der Waals surface area contributed by atoms with E-state index in [9.17, 15) is 4.79 Å². The maximum absolute atomic E-state index is 11.3. The molecule has 0 aliphatic heterocycles. The van der Waals surface area contributed by atoms with Gasteiger partial charge in [-0.1, -0.05) is 11.3 Å². The molecule has 108 valence electrons. The molecule has 1 heterocycles. The van der Waals surface area contributed by atoms with E-state index in [4.69, 9.17) is 0 Å². The minimum atomic E-state index is -0.337. The normalized spacial score (nSPS) is 11.4.